The van der Waals surface area contributed by atoms with Crippen LogP contribution in [0.3, 0.4) is 0 Å². The lowest BCUT2D eigenvalue weighted by Crippen LogP contribution is -2.34. The van der Waals surface area contributed by atoms with Gasteiger partial charge in [-0.2, -0.15) is 0 Å². The second-order valence-corrected chi connectivity index (χ2v) is 8.71. The normalized spacial score (nSPS) is 17.3. The van der Waals surface area contributed by atoms with Gasteiger partial charge in [0.1, 0.15) is 11.6 Å². The predicted molar refractivity (Wildman–Crippen MR) is 125 cm³/mol. The van der Waals surface area contributed by atoms with Crippen LogP contribution in [0.4, 0.5) is 10.1 Å². The fraction of sp³-hybridized carbons (Fsp3) is 0.259. The smallest absolute Gasteiger partial charge is 0.123 e. The molecule has 5 heteroatoms. The first-order valence-corrected chi connectivity index (χ1v) is 11.4. The van der Waals surface area contributed by atoms with Crippen LogP contribution in [0.15, 0.2) is 73.1 Å². The van der Waals surface area contributed by atoms with Gasteiger partial charge in [-0.15, -0.1) is 0 Å². The maximum Gasteiger partial charge on any atom is 0.123 e. The standard InChI is InChI=1S/C27H25FN4/c28-22-9-7-20(8-10-22)26-27(21-13-15-29-16-14-21)32-23(11-12-25(32)30-26)18-31-17-3-5-19-4-1-2-6-24(19)31/h1-2,4,6-10,13-16,23H,3,5,11-12,17-18H2. The van der Waals surface area contributed by atoms with Crippen molar-refractivity contribution >= 4 is 5.69 Å². The molecule has 0 fully saturated rings. The molecule has 4 aromatic rings. The Hall–Kier alpha value is -3.47. The van der Waals surface area contributed by atoms with Crippen LogP contribution >= 0.6 is 0 Å². The van der Waals surface area contributed by atoms with E-state index in [1.807, 2.05) is 36.7 Å². The number of hydrogen-bond acceptors (Lipinski definition) is 3. The number of rotatable bonds is 4. The van der Waals surface area contributed by atoms with Crippen LogP contribution < -0.4 is 4.90 Å². The number of para-hydroxylation sites is 1. The molecule has 160 valence electrons. The molecule has 4 heterocycles. The topological polar surface area (TPSA) is 34.0 Å². The van der Waals surface area contributed by atoms with Crippen molar-refractivity contribution in [2.24, 2.45) is 0 Å². The number of imidazole rings is 1. The molecule has 0 saturated heterocycles. The van der Waals surface area contributed by atoms with Gasteiger partial charge in [0.2, 0.25) is 0 Å². The molecule has 4 nitrogen and oxygen atoms in total. The highest BCUT2D eigenvalue weighted by Crippen LogP contribution is 2.40. The molecule has 2 aliphatic heterocycles. The second-order valence-electron chi connectivity index (χ2n) is 8.71. The van der Waals surface area contributed by atoms with Crippen molar-refractivity contribution in [1.29, 1.82) is 0 Å². The van der Waals surface area contributed by atoms with Crippen molar-refractivity contribution in [2.45, 2.75) is 31.7 Å². The minimum absolute atomic E-state index is 0.229. The largest absolute Gasteiger partial charge is 0.369 e. The fourth-order valence-electron chi connectivity index (χ4n) is 5.30. The van der Waals surface area contributed by atoms with E-state index in [1.54, 1.807) is 0 Å². The molecule has 2 aromatic heterocycles. The van der Waals surface area contributed by atoms with E-state index >= 15 is 0 Å². The molecular formula is C27H25FN4. The van der Waals surface area contributed by atoms with Crippen molar-refractivity contribution in [3.63, 3.8) is 0 Å². The first-order chi connectivity index (χ1) is 15.8. The molecule has 0 aliphatic carbocycles. The Bertz CT molecular complexity index is 1250. The third-order valence-corrected chi connectivity index (χ3v) is 6.76. The van der Waals surface area contributed by atoms with Gasteiger partial charge in [0.15, 0.2) is 0 Å². The molecule has 32 heavy (non-hydrogen) atoms. The lowest BCUT2D eigenvalue weighted by atomic mass is 10.0. The summed E-state index contributed by atoms with van der Waals surface area (Å²) in [6.45, 7) is 2.06. The van der Waals surface area contributed by atoms with Crippen molar-refractivity contribution in [1.82, 2.24) is 14.5 Å². The molecule has 1 unspecified atom stereocenters. The minimum Gasteiger partial charge on any atom is -0.369 e. The lowest BCUT2D eigenvalue weighted by Gasteiger charge is -2.34. The highest BCUT2D eigenvalue weighted by Gasteiger charge is 2.32. The van der Waals surface area contributed by atoms with Gasteiger partial charge in [0.25, 0.3) is 0 Å². The van der Waals surface area contributed by atoms with Gasteiger partial charge >= 0.3 is 0 Å². The lowest BCUT2D eigenvalue weighted by molar-refractivity contribution is 0.508. The van der Waals surface area contributed by atoms with Gasteiger partial charge in [0.05, 0.1) is 17.4 Å². The van der Waals surface area contributed by atoms with Crippen LogP contribution in [0.5, 0.6) is 0 Å². The quantitative estimate of drug-likeness (QED) is 0.422. The number of hydrogen-bond donors (Lipinski definition) is 0. The molecular weight excluding hydrogens is 399 g/mol. The van der Waals surface area contributed by atoms with E-state index in [4.69, 9.17) is 4.98 Å². The van der Waals surface area contributed by atoms with Crippen molar-refractivity contribution in [2.75, 3.05) is 18.0 Å². The highest BCUT2D eigenvalue weighted by atomic mass is 19.1. The zero-order valence-electron chi connectivity index (χ0n) is 17.9. The van der Waals surface area contributed by atoms with Crippen LogP contribution in [0, 0.1) is 5.82 Å². The number of pyridine rings is 1. The molecule has 0 spiro atoms. The van der Waals surface area contributed by atoms with E-state index in [-0.39, 0.29) is 5.82 Å². The maximum absolute atomic E-state index is 13.6. The van der Waals surface area contributed by atoms with Crippen LogP contribution in [0.1, 0.15) is 30.3 Å². The number of aromatic nitrogens is 3. The Morgan fingerprint density at radius 3 is 2.56 bits per heavy atom. The summed E-state index contributed by atoms with van der Waals surface area (Å²) in [6.07, 6.45) is 8.05. The van der Waals surface area contributed by atoms with Gasteiger partial charge in [-0.25, -0.2) is 9.37 Å². The highest BCUT2D eigenvalue weighted by molar-refractivity contribution is 5.79. The molecule has 0 bridgehead atoms. The average Bonchev–Trinajstić information content (AvgIpc) is 3.40. The van der Waals surface area contributed by atoms with E-state index in [0.29, 0.717) is 6.04 Å². The van der Waals surface area contributed by atoms with Gasteiger partial charge in [-0.3, -0.25) is 4.98 Å². The summed E-state index contributed by atoms with van der Waals surface area (Å²) in [6, 6.07) is 19.9. The molecule has 0 radical (unpaired) electrons. The van der Waals surface area contributed by atoms with Gasteiger partial charge in [-0.05, 0) is 67.3 Å². The van der Waals surface area contributed by atoms with Crippen molar-refractivity contribution in [3.05, 3.63) is 90.3 Å². The molecule has 2 aliphatic rings. The summed E-state index contributed by atoms with van der Waals surface area (Å²) >= 11 is 0. The van der Waals surface area contributed by atoms with Crippen LogP contribution in [-0.4, -0.2) is 27.6 Å². The number of fused-ring (bicyclic) bond motifs is 2. The van der Waals surface area contributed by atoms with E-state index in [1.165, 1.54) is 29.8 Å². The van der Waals surface area contributed by atoms with E-state index in [9.17, 15) is 4.39 Å². The summed E-state index contributed by atoms with van der Waals surface area (Å²) < 4.78 is 16.0. The molecule has 2 aromatic carbocycles. The Labute approximate surface area is 187 Å². The zero-order valence-corrected chi connectivity index (χ0v) is 17.9. The summed E-state index contributed by atoms with van der Waals surface area (Å²) in [4.78, 5) is 11.8. The second kappa shape index (κ2) is 7.90. The Kier molecular flexibility index (Phi) is 4.75. The van der Waals surface area contributed by atoms with Crippen molar-refractivity contribution < 1.29 is 4.39 Å². The number of benzene rings is 2. The Balaban J connectivity index is 1.43. The van der Waals surface area contributed by atoms with Crippen molar-refractivity contribution in [3.8, 4) is 22.5 Å². The molecule has 1 atom stereocenters. The van der Waals surface area contributed by atoms with Gasteiger partial charge < -0.3 is 9.47 Å². The fourth-order valence-corrected chi connectivity index (χ4v) is 5.30. The Morgan fingerprint density at radius 2 is 1.72 bits per heavy atom. The SMILES string of the molecule is Fc1ccc(-c2nc3n(c2-c2ccncc2)C(CN2CCCc4ccccc42)CC3)cc1. The summed E-state index contributed by atoms with van der Waals surface area (Å²) in [5.74, 6) is 0.888. The summed E-state index contributed by atoms with van der Waals surface area (Å²) in [5.41, 5.74) is 6.91. The van der Waals surface area contributed by atoms with Gasteiger partial charge in [-0.1, -0.05) is 18.2 Å². The van der Waals surface area contributed by atoms with Gasteiger partial charge in [0, 0.05) is 48.7 Å². The van der Waals surface area contributed by atoms with Crippen LogP contribution in [0.25, 0.3) is 22.5 Å². The third kappa shape index (κ3) is 3.29. The van der Waals surface area contributed by atoms with E-state index in [0.717, 1.165) is 60.7 Å². The zero-order chi connectivity index (χ0) is 21.5. The predicted octanol–water partition coefficient (Wildman–Crippen LogP) is 5.69. The molecule has 0 amide bonds. The van der Waals surface area contributed by atoms with E-state index in [2.05, 4.69) is 38.7 Å². The number of aryl methyl sites for hydroxylation is 2. The number of anilines is 1. The molecule has 6 rings (SSSR count). The number of halogens is 1. The maximum atomic E-state index is 13.6. The first-order valence-electron chi connectivity index (χ1n) is 11.4. The average molecular weight is 425 g/mol. The molecule has 0 saturated carbocycles. The Morgan fingerprint density at radius 1 is 0.906 bits per heavy atom. The monoisotopic (exact) mass is 424 g/mol. The minimum atomic E-state index is -0.229. The van der Waals surface area contributed by atoms with E-state index < -0.39 is 0 Å². The first kappa shape index (κ1) is 19.2. The van der Waals surface area contributed by atoms with Crippen LogP contribution in [-0.2, 0) is 12.8 Å². The molecule has 0 N–H and O–H groups in total. The summed E-state index contributed by atoms with van der Waals surface area (Å²) in [5, 5.41) is 0. The number of nitrogens with zero attached hydrogens (tertiary/aromatic N) is 4. The summed E-state index contributed by atoms with van der Waals surface area (Å²) in [7, 11) is 0. The third-order valence-electron chi connectivity index (χ3n) is 6.76. The van der Waals surface area contributed by atoms with Crippen LogP contribution in [0.2, 0.25) is 0 Å².